The van der Waals surface area contributed by atoms with Crippen LogP contribution in [-0.4, -0.2) is 39.2 Å². The third kappa shape index (κ3) is 3.57. The van der Waals surface area contributed by atoms with Gasteiger partial charge >= 0.3 is 0 Å². The molecule has 2 aliphatic rings. The molecule has 2 aromatic rings. The zero-order valence-electron chi connectivity index (χ0n) is 13.2. The zero-order chi connectivity index (χ0) is 16.5. The second kappa shape index (κ2) is 6.49. The van der Waals surface area contributed by atoms with Crippen molar-refractivity contribution in [3.8, 4) is 5.69 Å². The van der Waals surface area contributed by atoms with Gasteiger partial charge in [0.2, 0.25) is 5.91 Å². The summed E-state index contributed by atoms with van der Waals surface area (Å²) in [6, 6.07) is 5.34. The van der Waals surface area contributed by atoms with Crippen LogP contribution in [0.3, 0.4) is 0 Å². The molecule has 0 bridgehead atoms. The maximum atomic E-state index is 12.0. The van der Waals surface area contributed by atoms with E-state index in [2.05, 4.69) is 26.2 Å². The molecular weight excluding hydrogens is 328 g/mol. The Morgan fingerprint density at radius 1 is 1.29 bits per heavy atom. The van der Waals surface area contributed by atoms with Gasteiger partial charge in [-0.2, -0.15) is 4.68 Å². The van der Waals surface area contributed by atoms with Gasteiger partial charge < -0.3 is 10.6 Å². The first kappa shape index (κ1) is 15.5. The normalized spacial score (nSPS) is 17.0. The summed E-state index contributed by atoms with van der Waals surface area (Å²) in [5.74, 6) is 1.91. The highest BCUT2D eigenvalue weighted by Gasteiger charge is 2.30. The summed E-state index contributed by atoms with van der Waals surface area (Å²) >= 11 is 6.31. The number of halogens is 1. The summed E-state index contributed by atoms with van der Waals surface area (Å²) < 4.78 is 1.67. The van der Waals surface area contributed by atoms with E-state index in [4.69, 9.17) is 11.6 Å². The molecule has 0 radical (unpaired) electrons. The van der Waals surface area contributed by atoms with Gasteiger partial charge in [-0.05, 0) is 66.8 Å². The van der Waals surface area contributed by atoms with Crippen LogP contribution in [0.15, 0.2) is 18.2 Å². The Kier molecular flexibility index (Phi) is 4.20. The van der Waals surface area contributed by atoms with E-state index in [1.165, 1.54) is 12.8 Å². The molecule has 4 rings (SSSR count). The van der Waals surface area contributed by atoms with Crippen molar-refractivity contribution in [3.63, 3.8) is 0 Å². The van der Waals surface area contributed by atoms with Gasteiger partial charge in [-0.3, -0.25) is 4.79 Å². The lowest BCUT2D eigenvalue weighted by Crippen LogP contribution is -2.29. The molecule has 24 heavy (non-hydrogen) atoms. The van der Waals surface area contributed by atoms with Crippen LogP contribution < -0.4 is 10.6 Å². The minimum atomic E-state index is -0.0666. The Balaban J connectivity index is 1.46. The maximum Gasteiger partial charge on any atom is 0.238 e. The van der Waals surface area contributed by atoms with Crippen molar-refractivity contribution >= 4 is 23.2 Å². The molecule has 1 aromatic heterocycles. The van der Waals surface area contributed by atoms with Gasteiger partial charge in [-0.25, -0.2) is 0 Å². The van der Waals surface area contributed by atoms with E-state index in [-0.39, 0.29) is 5.91 Å². The number of tetrazole rings is 1. The van der Waals surface area contributed by atoms with Crippen LogP contribution in [-0.2, 0) is 4.79 Å². The van der Waals surface area contributed by atoms with Gasteiger partial charge in [-0.1, -0.05) is 11.6 Å². The van der Waals surface area contributed by atoms with E-state index in [0.29, 0.717) is 28.9 Å². The molecule has 2 saturated carbocycles. The van der Waals surface area contributed by atoms with Crippen LogP contribution in [0.1, 0.15) is 37.4 Å². The van der Waals surface area contributed by atoms with Crippen molar-refractivity contribution in [1.29, 1.82) is 0 Å². The summed E-state index contributed by atoms with van der Waals surface area (Å²) in [6.07, 6.45) is 4.73. The van der Waals surface area contributed by atoms with Gasteiger partial charge in [0.05, 0.1) is 17.3 Å². The summed E-state index contributed by atoms with van der Waals surface area (Å²) in [5, 5.41) is 18.5. The lowest BCUT2D eigenvalue weighted by atomic mass is 10.2. The number of aromatic nitrogens is 4. The van der Waals surface area contributed by atoms with E-state index in [0.717, 1.165) is 31.1 Å². The zero-order valence-corrected chi connectivity index (χ0v) is 14.0. The number of rotatable bonds is 7. The third-order valence-electron chi connectivity index (χ3n) is 4.31. The average molecular weight is 347 g/mol. The fraction of sp³-hybridized carbons (Fsp3) is 0.500. The first-order valence-electron chi connectivity index (χ1n) is 8.29. The molecule has 126 valence electrons. The molecule has 2 fully saturated rings. The fourth-order valence-electron chi connectivity index (χ4n) is 2.63. The predicted molar refractivity (Wildman–Crippen MR) is 90.4 cm³/mol. The van der Waals surface area contributed by atoms with Crippen molar-refractivity contribution < 1.29 is 4.79 Å². The van der Waals surface area contributed by atoms with Crippen molar-refractivity contribution in [3.05, 3.63) is 29.0 Å². The number of benzene rings is 1. The van der Waals surface area contributed by atoms with Gasteiger partial charge in [0.25, 0.3) is 0 Å². The Labute approximate surface area is 144 Å². The van der Waals surface area contributed by atoms with E-state index in [1.807, 2.05) is 6.07 Å². The minimum Gasteiger partial charge on any atom is -0.325 e. The lowest BCUT2D eigenvalue weighted by molar-refractivity contribution is -0.115. The van der Waals surface area contributed by atoms with Crippen LogP contribution in [0.25, 0.3) is 5.69 Å². The minimum absolute atomic E-state index is 0.0666. The Morgan fingerprint density at radius 3 is 2.88 bits per heavy atom. The molecule has 0 atom stereocenters. The second-order valence-corrected chi connectivity index (χ2v) is 6.92. The molecular formula is C16H19ClN6O. The number of nitrogens with zero attached hydrogens (tertiary/aromatic N) is 4. The van der Waals surface area contributed by atoms with Gasteiger partial charge in [-0.15, -0.1) is 5.10 Å². The lowest BCUT2D eigenvalue weighted by Gasteiger charge is -2.10. The van der Waals surface area contributed by atoms with Crippen molar-refractivity contribution in [2.75, 3.05) is 18.4 Å². The molecule has 0 aliphatic heterocycles. The van der Waals surface area contributed by atoms with Crippen molar-refractivity contribution in [2.24, 2.45) is 5.92 Å². The molecule has 7 nitrogen and oxygen atoms in total. The summed E-state index contributed by atoms with van der Waals surface area (Å²) in [7, 11) is 0. The molecule has 8 heteroatoms. The first-order valence-corrected chi connectivity index (χ1v) is 8.67. The Bertz CT molecular complexity index is 753. The van der Waals surface area contributed by atoms with E-state index >= 15 is 0 Å². The van der Waals surface area contributed by atoms with Gasteiger partial charge in [0.15, 0.2) is 5.82 Å². The standard InChI is InChI=1S/C16H19ClN6O/c17-13-6-5-12(19-15(24)9-18-8-10-1-2-10)7-14(13)23-16(11-3-4-11)20-21-22-23/h5-7,10-11,18H,1-4,8-9H2,(H,19,24). The topological polar surface area (TPSA) is 84.7 Å². The molecule has 2 aliphatic carbocycles. The smallest absolute Gasteiger partial charge is 0.238 e. The quantitative estimate of drug-likeness (QED) is 0.802. The number of amides is 1. The largest absolute Gasteiger partial charge is 0.325 e. The van der Waals surface area contributed by atoms with Crippen LogP contribution in [0.4, 0.5) is 5.69 Å². The summed E-state index contributed by atoms with van der Waals surface area (Å²) in [4.78, 5) is 12.0. The molecule has 1 aromatic carbocycles. The molecule has 1 heterocycles. The number of carbonyl (C=O) groups excluding carboxylic acids is 1. The second-order valence-electron chi connectivity index (χ2n) is 6.51. The SMILES string of the molecule is O=C(CNCC1CC1)Nc1ccc(Cl)c(-n2nnnc2C2CC2)c1. The molecule has 2 N–H and O–H groups in total. The number of anilines is 1. The molecule has 0 spiro atoms. The van der Waals surface area contributed by atoms with Crippen LogP contribution >= 0.6 is 11.6 Å². The fourth-order valence-corrected chi connectivity index (χ4v) is 2.83. The van der Waals surface area contributed by atoms with E-state index in [9.17, 15) is 4.79 Å². The van der Waals surface area contributed by atoms with Gasteiger partial charge in [0, 0.05) is 11.6 Å². The summed E-state index contributed by atoms with van der Waals surface area (Å²) in [6.45, 7) is 1.22. The van der Waals surface area contributed by atoms with Crippen LogP contribution in [0, 0.1) is 5.92 Å². The van der Waals surface area contributed by atoms with Gasteiger partial charge in [0.1, 0.15) is 0 Å². The number of hydrogen-bond acceptors (Lipinski definition) is 5. The van der Waals surface area contributed by atoms with Crippen LogP contribution in [0.2, 0.25) is 5.02 Å². The predicted octanol–water partition coefficient (Wildman–Crippen LogP) is 2.13. The maximum absolute atomic E-state index is 12.0. The molecule has 0 unspecified atom stereocenters. The average Bonchev–Trinajstić information content (AvgIpc) is 3.50. The Morgan fingerprint density at radius 2 is 2.12 bits per heavy atom. The van der Waals surface area contributed by atoms with Crippen LogP contribution in [0.5, 0.6) is 0 Å². The third-order valence-corrected chi connectivity index (χ3v) is 4.63. The summed E-state index contributed by atoms with van der Waals surface area (Å²) in [5.41, 5.74) is 1.37. The highest BCUT2D eigenvalue weighted by Crippen LogP contribution is 2.40. The highest BCUT2D eigenvalue weighted by molar-refractivity contribution is 6.32. The molecule has 1 amide bonds. The molecule has 0 saturated heterocycles. The number of carbonyl (C=O) groups is 1. The first-order chi connectivity index (χ1) is 11.7. The monoisotopic (exact) mass is 346 g/mol. The van der Waals surface area contributed by atoms with E-state index in [1.54, 1.807) is 16.8 Å². The van der Waals surface area contributed by atoms with Crippen molar-refractivity contribution in [2.45, 2.75) is 31.6 Å². The van der Waals surface area contributed by atoms with E-state index < -0.39 is 0 Å². The highest BCUT2D eigenvalue weighted by atomic mass is 35.5. The number of hydrogen-bond donors (Lipinski definition) is 2. The van der Waals surface area contributed by atoms with Crippen molar-refractivity contribution in [1.82, 2.24) is 25.5 Å². The number of nitrogens with one attached hydrogen (secondary N) is 2. The Hall–Kier alpha value is -1.99.